The second-order valence-electron chi connectivity index (χ2n) is 7.41. The van der Waals surface area contributed by atoms with E-state index in [1.54, 1.807) is 30.2 Å². The molecule has 1 aliphatic heterocycles. The van der Waals surface area contributed by atoms with Crippen LogP contribution in [0.25, 0.3) is 11.3 Å². The summed E-state index contributed by atoms with van der Waals surface area (Å²) in [6.07, 6.45) is 1.39. The van der Waals surface area contributed by atoms with Crippen LogP contribution in [0.15, 0.2) is 59.7 Å². The molecule has 166 valence electrons. The van der Waals surface area contributed by atoms with E-state index < -0.39 is 5.82 Å². The van der Waals surface area contributed by atoms with Crippen LogP contribution < -0.4 is 15.2 Å². The maximum absolute atomic E-state index is 13.4. The van der Waals surface area contributed by atoms with E-state index in [-0.39, 0.29) is 23.0 Å². The summed E-state index contributed by atoms with van der Waals surface area (Å²) in [6.45, 7) is 2.09. The van der Waals surface area contributed by atoms with Crippen molar-refractivity contribution in [2.24, 2.45) is 0 Å². The highest BCUT2D eigenvalue weighted by Gasteiger charge is 2.22. The van der Waals surface area contributed by atoms with Crippen LogP contribution in [0.1, 0.15) is 0 Å². The van der Waals surface area contributed by atoms with E-state index in [1.807, 2.05) is 23.1 Å². The van der Waals surface area contributed by atoms with Crippen LogP contribution in [0.3, 0.4) is 0 Å². The molecule has 1 saturated heterocycles. The summed E-state index contributed by atoms with van der Waals surface area (Å²) in [7, 11) is 1.56. The van der Waals surface area contributed by atoms with Crippen LogP contribution >= 0.6 is 11.6 Å². The average Bonchev–Trinajstić information content (AvgIpc) is 2.82. The number of benzene rings is 2. The Hall–Kier alpha value is -3.39. The van der Waals surface area contributed by atoms with Gasteiger partial charge in [0.05, 0.1) is 24.2 Å². The first kappa shape index (κ1) is 21.8. The Morgan fingerprint density at radius 2 is 1.88 bits per heavy atom. The lowest BCUT2D eigenvalue weighted by Crippen LogP contribution is -2.50. The van der Waals surface area contributed by atoms with E-state index in [2.05, 4.69) is 4.98 Å². The molecule has 0 spiro atoms. The molecule has 0 aliphatic carbocycles. The predicted octanol–water partition coefficient (Wildman–Crippen LogP) is 3.06. The SMILES string of the molecule is COc1ccccc1-c1cc(=O)n(CC(=O)N2CCN(c3ccc(F)c(Cl)c3)CC2)cn1. The molecular weight excluding hydrogens is 435 g/mol. The molecule has 0 bridgehead atoms. The van der Waals surface area contributed by atoms with Gasteiger partial charge in [-0.25, -0.2) is 9.37 Å². The minimum Gasteiger partial charge on any atom is -0.496 e. The number of ether oxygens (including phenoxy) is 1. The molecule has 32 heavy (non-hydrogen) atoms. The molecule has 2 aromatic carbocycles. The Bertz CT molecular complexity index is 1190. The number of carbonyl (C=O) groups is 1. The molecule has 0 saturated carbocycles. The monoisotopic (exact) mass is 456 g/mol. The van der Waals surface area contributed by atoms with Crippen LogP contribution in [0.5, 0.6) is 5.75 Å². The number of hydrogen-bond donors (Lipinski definition) is 0. The topological polar surface area (TPSA) is 67.7 Å². The molecule has 4 rings (SSSR count). The quantitative estimate of drug-likeness (QED) is 0.590. The lowest BCUT2D eigenvalue weighted by Gasteiger charge is -2.36. The summed E-state index contributed by atoms with van der Waals surface area (Å²) in [5, 5.41) is 0.0736. The fourth-order valence-corrected chi connectivity index (χ4v) is 3.86. The lowest BCUT2D eigenvalue weighted by molar-refractivity contribution is -0.132. The second-order valence-corrected chi connectivity index (χ2v) is 7.81. The van der Waals surface area contributed by atoms with E-state index in [4.69, 9.17) is 16.3 Å². The zero-order chi connectivity index (χ0) is 22.7. The maximum atomic E-state index is 13.4. The fraction of sp³-hybridized carbons (Fsp3) is 0.261. The number of amides is 1. The van der Waals surface area contributed by atoms with Gasteiger partial charge in [-0.3, -0.25) is 14.2 Å². The molecule has 0 radical (unpaired) electrons. The molecule has 3 aromatic rings. The van der Waals surface area contributed by atoms with Crippen LogP contribution in [0, 0.1) is 5.82 Å². The fourth-order valence-electron chi connectivity index (χ4n) is 3.69. The molecule has 1 amide bonds. The average molecular weight is 457 g/mol. The summed E-state index contributed by atoms with van der Waals surface area (Å²) in [6, 6.07) is 13.3. The third kappa shape index (κ3) is 4.60. The third-order valence-electron chi connectivity index (χ3n) is 5.47. The van der Waals surface area contributed by atoms with Crippen molar-refractivity contribution in [3.63, 3.8) is 0 Å². The van der Waals surface area contributed by atoms with Crippen molar-refractivity contribution >= 4 is 23.2 Å². The Morgan fingerprint density at radius 1 is 1.12 bits per heavy atom. The number of para-hydroxylation sites is 1. The van der Waals surface area contributed by atoms with Gasteiger partial charge in [-0.2, -0.15) is 0 Å². The molecule has 0 unspecified atom stereocenters. The van der Waals surface area contributed by atoms with Crippen LogP contribution in [0.2, 0.25) is 5.02 Å². The Labute approximate surface area is 189 Å². The van der Waals surface area contributed by atoms with Gasteiger partial charge in [0.2, 0.25) is 5.91 Å². The van der Waals surface area contributed by atoms with Crippen molar-refractivity contribution in [2.45, 2.75) is 6.54 Å². The van der Waals surface area contributed by atoms with Crippen molar-refractivity contribution in [3.8, 4) is 17.0 Å². The summed E-state index contributed by atoms with van der Waals surface area (Å²) < 4.78 is 20.0. The molecule has 9 heteroatoms. The van der Waals surface area contributed by atoms with Gasteiger partial charge in [0.15, 0.2) is 0 Å². The first-order valence-electron chi connectivity index (χ1n) is 10.1. The highest BCUT2D eigenvalue weighted by molar-refractivity contribution is 6.31. The number of nitrogens with zero attached hydrogens (tertiary/aromatic N) is 4. The first-order valence-corrected chi connectivity index (χ1v) is 10.5. The van der Waals surface area contributed by atoms with Crippen molar-refractivity contribution < 1.29 is 13.9 Å². The Morgan fingerprint density at radius 3 is 2.56 bits per heavy atom. The van der Waals surface area contributed by atoms with Gasteiger partial charge in [-0.05, 0) is 30.3 Å². The van der Waals surface area contributed by atoms with E-state index in [0.29, 0.717) is 43.2 Å². The number of halogens is 2. The highest BCUT2D eigenvalue weighted by atomic mass is 35.5. The van der Waals surface area contributed by atoms with Crippen molar-refractivity contribution in [1.82, 2.24) is 14.5 Å². The minimum absolute atomic E-state index is 0.0736. The lowest BCUT2D eigenvalue weighted by atomic mass is 10.1. The van der Waals surface area contributed by atoms with Gasteiger partial charge in [-0.1, -0.05) is 23.7 Å². The van der Waals surface area contributed by atoms with E-state index >= 15 is 0 Å². The third-order valence-corrected chi connectivity index (χ3v) is 5.76. The number of hydrogen-bond acceptors (Lipinski definition) is 5. The number of piperazine rings is 1. The molecule has 1 aromatic heterocycles. The Kier molecular flexibility index (Phi) is 6.41. The molecule has 0 N–H and O–H groups in total. The molecule has 1 fully saturated rings. The number of carbonyl (C=O) groups excluding carboxylic acids is 1. The van der Waals surface area contributed by atoms with Crippen molar-refractivity contribution in [3.05, 3.63) is 76.1 Å². The van der Waals surface area contributed by atoms with Gasteiger partial charge >= 0.3 is 0 Å². The van der Waals surface area contributed by atoms with Crippen LogP contribution in [-0.2, 0) is 11.3 Å². The first-order chi connectivity index (χ1) is 15.5. The molecule has 2 heterocycles. The van der Waals surface area contributed by atoms with Crippen molar-refractivity contribution in [2.75, 3.05) is 38.2 Å². The number of rotatable bonds is 5. The van der Waals surface area contributed by atoms with Crippen LogP contribution in [0.4, 0.5) is 10.1 Å². The normalized spacial score (nSPS) is 13.8. The van der Waals surface area contributed by atoms with Crippen molar-refractivity contribution in [1.29, 1.82) is 0 Å². The maximum Gasteiger partial charge on any atom is 0.254 e. The minimum atomic E-state index is -0.458. The number of methoxy groups -OCH3 is 1. The molecular formula is C23H22ClFN4O3. The summed E-state index contributed by atoms with van der Waals surface area (Å²) >= 11 is 5.87. The standard InChI is InChI=1S/C23H22ClFN4O3/c1-32-21-5-3-2-4-17(21)20-13-22(30)29(15-26-20)14-23(31)28-10-8-27(9-11-28)16-6-7-19(25)18(24)12-16/h2-7,12-13,15H,8-11,14H2,1H3. The summed E-state index contributed by atoms with van der Waals surface area (Å²) in [5.74, 6) is 0.00396. The van der Waals surface area contributed by atoms with Gasteiger partial charge in [0.25, 0.3) is 5.56 Å². The molecule has 1 aliphatic rings. The predicted molar refractivity (Wildman–Crippen MR) is 121 cm³/mol. The molecule has 0 atom stereocenters. The van der Waals surface area contributed by atoms with E-state index in [0.717, 1.165) is 5.69 Å². The van der Waals surface area contributed by atoms with Crippen LogP contribution in [-0.4, -0.2) is 53.6 Å². The van der Waals surface area contributed by atoms with Gasteiger partial charge in [-0.15, -0.1) is 0 Å². The van der Waals surface area contributed by atoms with Gasteiger partial charge in [0.1, 0.15) is 18.1 Å². The summed E-state index contributed by atoms with van der Waals surface area (Å²) in [4.78, 5) is 33.4. The van der Waals surface area contributed by atoms with Gasteiger partial charge < -0.3 is 14.5 Å². The smallest absolute Gasteiger partial charge is 0.254 e. The summed E-state index contributed by atoms with van der Waals surface area (Å²) in [5.41, 5.74) is 1.70. The highest BCUT2D eigenvalue weighted by Crippen LogP contribution is 2.27. The Balaban J connectivity index is 1.40. The largest absolute Gasteiger partial charge is 0.496 e. The van der Waals surface area contributed by atoms with Gasteiger partial charge in [0, 0.05) is 43.5 Å². The molecule has 7 nitrogen and oxygen atoms in total. The van der Waals surface area contributed by atoms with E-state index in [9.17, 15) is 14.0 Å². The zero-order valence-corrected chi connectivity index (χ0v) is 18.3. The number of aromatic nitrogens is 2. The van der Waals surface area contributed by atoms with E-state index in [1.165, 1.54) is 23.0 Å². The number of anilines is 1. The zero-order valence-electron chi connectivity index (χ0n) is 17.5. The second kappa shape index (κ2) is 9.40.